The number of nitrogens with zero attached hydrogens (tertiary/aromatic N) is 2. The average Bonchev–Trinajstić information content (AvgIpc) is 3.17. The molecule has 176 valence electrons. The summed E-state index contributed by atoms with van der Waals surface area (Å²) in [4.78, 5) is 25.8. The summed E-state index contributed by atoms with van der Waals surface area (Å²) in [6.45, 7) is 3.96. The lowest BCUT2D eigenvalue weighted by Gasteiger charge is -2.09. The number of nitriles is 2. The van der Waals surface area contributed by atoms with Gasteiger partial charge in [0.2, 0.25) is 0 Å². The van der Waals surface area contributed by atoms with Gasteiger partial charge in [0.25, 0.3) is 0 Å². The smallest absolute Gasteiger partial charge is 0.348 e. The van der Waals surface area contributed by atoms with Crippen LogP contribution in [0.1, 0.15) is 43.7 Å². The lowest BCUT2D eigenvalue weighted by molar-refractivity contribution is -0.114. The Kier molecular flexibility index (Phi) is 8.97. The predicted molar refractivity (Wildman–Crippen MR) is 137 cm³/mol. The average molecular weight is 549 g/mol. The van der Waals surface area contributed by atoms with Crippen molar-refractivity contribution in [3.63, 3.8) is 0 Å². The van der Waals surface area contributed by atoms with E-state index in [4.69, 9.17) is 9.47 Å². The van der Waals surface area contributed by atoms with Crippen LogP contribution < -0.4 is 4.74 Å². The molecule has 0 amide bonds. The summed E-state index contributed by atoms with van der Waals surface area (Å²) in [7, 11) is 0. The lowest BCUT2D eigenvalue weighted by atomic mass is 10.0. The molecular weight excluding hydrogens is 528 g/mol. The van der Waals surface area contributed by atoms with Crippen molar-refractivity contribution in [2.75, 3.05) is 6.61 Å². The van der Waals surface area contributed by atoms with Gasteiger partial charge in [0.05, 0.1) is 22.2 Å². The zero-order valence-electron chi connectivity index (χ0n) is 19.1. The first-order chi connectivity index (χ1) is 16.9. The van der Waals surface area contributed by atoms with E-state index in [1.165, 1.54) is 6.08 Å². The number of thiophene rings is 1. The highest BCUT2D eigenvalue weighted by Gasteiger charge is 2.23. The minimum atomic E-state index is -0.527. The van der Waals surface area contributed by atoms with Gasteiger partial charge in [-0.1, -0.05) is 36.4 Å². The first-order valence-corrected chi connectivity index (χ1v) is 12.3. The summed E-state index contributed by atoms with van der Waals surface area (Å²) >= 11 is 4.53. The van der Waals surface area contributed by atoms with Crippen LogP contribution in [0, 0.1) is 29.6 Å². The Labute approximate surface area is 216 Å². The minimum Gasteiger partial charge on any atom is -0.488 e. The zero-order chi connectivity index (χ0) is 25.4. The first-order valence-electron chi connectivity index (χ1n) is 10.7. The molecule has 1 heterocycles. The monoisotopic (exact) mass is 548 g/mol. The van der Waals surface area contributed by atoms with E-state index in [0.717, 1.165) is 16.9 Å². The topological polar surface area (TPSA) is 100 Å². The SMILES string of the molecule is CCOC(=O)c1sc(CC(=O)/C(C#N)=C/c2ccc(OCc3ccccc3)c(Br)c2)c(C#N)c1C. The van der Waals surface area contributed by atoms with Crippen molar-refractivity contribution in [1.82, 2.24) is 0 Å². The van der Waals surface area contributed by atoms with Gasteiger partial charge in [-0.05, 0) is 64.7 Å². The molecule has 0 fully saturated rings. The summed E-state index contributed by atoms with van der Waals surface area (Å²) in [5.41, 5.74) is 2.38. The third-order valence-corrected chi connectivity index (χ3v) is 6.93. The van der Waals surface area contributed by atoms with Crippen molar-refractivity contribution in [2.45, 2.75) is 26.9 Å². The van der Waals surface area contributed by atoms with E-state index in [-0.39, 0.29) is 24.2 Å². The number of rotatable bonds is 9. The van der Waals surface area contributed by atoms with E-state index < -0.39 is 11.8 Å². The fourth-order valence-corrected chi connectivity index (χ4v) is 4.94. The molecule has 1 aromatic heterocycles. The van der Waals surface area contributed by atoms with Crippen molar-refractivity contribution in [1.29, 1.82) is 10.5 Å². The Morgan fingerprint density at radius 2 is 1.89 bits per heavy atom. The third-order valence-electron chi connectivity index (χ3n) is 5.04. The number of Topliss-reactive ketones (excluding diaryl/α,β-unsaturated/α-hetero) is 1. The molecule has 3 aromatic rings. The van der Waals surface area contributed by atoms with Crippen molar-refractivity contribution < 1.29 is 19.1 Å². The highest BCUT2D eigenvalue weighted by Crippen LogP contribution is 2.30. The molecule has 0 atom stereocenters. The number of halogens is 1. The van der Waals surface area contributed by atoms with Crippen LogP contribution in [-0.4, -0.2) is 18.4 Å². The Morgan fingerprint density at radius 1 is 1.14 bits per heavy atom. The normalized spacial score (nSPS) is 10.8. The van der Waals surface area contributed by atoms with Crippen LogP contribution in [0.4, 0.5) is 0 Å². The summed E-state index contributed by atoms with van der Waals surface area (Å²) in [5, 5.41) is 19.1. The number of benzene rings is 2. The Bertz CT molecular complexity index is 1360. The van der Waals surface area contributed by atoms with Crippen molar-refractivity contribution in [3.05, 3.63) is 90.6 Å². The number of hydrogen-bond acceptors (Lipinski definition) is 7. The van der Waals surface area contributed by atoms with Gasteiger partial charge in [-0.2, -0.15) is 10.5 Å². The maximum atomic E-state index is 12.9. The second-order valence-electron chi connectivity index (χ2n) is 7.42. The minimum absolute atomic E-state index is 0.0533. The van der Waals surface area contributed by atoms with E-state index in [2.05, 4.69) is 22.0 Å². The molecule has 0 saturated carbocycles. The summed E-state index contributed by atoms with van der Waals surface area (Å²) in [5.74, 6) is -0.336. The van der Waals surface area contributed by atoms with Gasteiger partial charge < -0.3 is 9.47 Å². The van der Waals surface area contributed by atoms with Gasteiger partial charge in [0.15, 0.2) is 5.78 Å². The standard InChI is InChI=1S/C27H21BrN2O4S/c1-3-33-27(32)26-17(2)21(15-30)25(35-26)13-23(31)20(14-29)11-19-9-10-24(22(28)12-19)34-16-18-7-5-4-6-8-18/h4-12H,3,13,16H2,1-2H3/b20-11+. The molecule has 2 aromatic carbocycles. The number of carbonyl (C=O) groups is 2. The van der Waals surface area contributed by atoms with Crippen LogP contribution in [0.25, 0.3) is 6.08 Å². The molecule has 0 saturated heterocycles. The summed E-state index contributed by atoms with van der Waals surface area (Å²) in [6, 6.07) is 19.1. The molecular formula is C27H21BrN2O4S. The van der Waals surface area contributed by atoms with E-state index in [0.29, 0.717) is 37.7 Å². The summed E-state index contributed by atoms with van der Waals surface area (Å²) in [6.07, 6.45) is 1.33. The molecule has 0 aliphatic rings. The molecule has 0 unspecified atom stereocenters. The molecule has 0 aliphatic carbocycles. The van der Waals surface area contributed by atoms with Gasteiger partial charge in [0, 0.05) is 11.3 Å². The number of hydrogen-bond donors (Lipinski definition) is 0. The van der Waals surface area contributed by atoms with Crippen LogP contribution in [0.5, 0.6) is 5.75 Å². The number of ketones is 1. The molecule has 0 bridgehead atoms. The molecule has 6 nitrogen and oxygen atoms in total. The fourth-order valence-electron chi connectivity index (χ4n) is 3.28. The molecule has 0 aliphatic heterocycles. The maximum absolute atomic E-state index is 12.9. The van der Waals surface area contributed by atoms with E-state index in [1.807, 2.05) is 36.4 Å². The van der Waals surface area contributed by atoms with Crippen molar-refractivity contribution in [3.8, 4) is 17.9 Å². The third kappa shape index (κ3) is 6.45. The second kappa shape index (κ2) is 12.1. The molecule has 0 radical (unpaired) electrons. The molecule has 8 heteroatoms. The number of allylic oxidation sites excluding steroid dienone is 1. The van der Waals surface area contributed by atoms with Crippen LogP contribution in [-0.2, 0) is 22.6 Å². The molecule has 0 spiro atoms. The lowest BCUT2D eigenvalue weighted by Crippen LogP contribution is -2.05. The van der Waals surface area contributed by atoms with Gasteiger partial charge >= 0.3 is 5.97 Å². The quantitative estimate of drug-likeness (QED) is 0.180. The fraction of sp³-hybridized carbons (Fsp3) is 0.185. The Morgan fingerprint density at radius 3 is 2.51 bits per heavy atom. The first kappa shape index (κ1) is 25.9. The Balaban J connectivity index is 1.77. The van der Waals surface area contributed by atoms with Crippen LogP contribution in [0.15, 0.2) is 58.6 Å². The van der Waals surface area contributed by atoms with Crippen LogP contribution in [0.3, 0.4) is 0 Å². The van der Waals surface area contributed by atoms with Gasteiger partial charge in [-0.15, -0.1) is 11.3 Å². The van der Waals surface area contributed by atoms with E-state index in [1.54, 1.807) is 32.0 Å². The van der Waals surface area contributed by atoms with E-state index >= 15 is 0 Å². The summed E-state index contributed by atoms with van der Waals surface area (Å²) < 4.78 is 11.6. The van der Waals surface area contributed by atoms with Crippen LogP contribution >= 0.6 is 27.3 Å². The van der Waals surface area contributed by atoms with Crippen molar-refractivity contribution in [2.24, 2.45) is 0 Å². The number of ether oxygens (including phenoxy) is 2. The predicted octanol–water partition coefficient (Wildman–Crippen LogP) is 6.17. The van der Waals surface area contributed by atoms with Gasteiger partial charge in [-0.3, -0.25) is 4.79 Å². The van der Waals surface area contributed by atoms with Crippen molar-refractivity contribution >= 4 is 45.1 Å². The van der Waals surface area contributed by atoms with E-state index in [9.17, 15) is 20.1 Å². The Hall–Kier alpha value is -3.72. The number of carbonyl (C=O) groups excluding carboxylic acids is 2. The van der Waals surface area contributed by atoms with Crippen LogP contribution in [0.2, 0.25) is 0 Å². The maximum Gasteiger partial charge on any atom is 0.348 e. The second-order valence-corrected chi connectivity index (χ2v) is 9.38. The largest absolute Gasteiger partial charge is 0.488 e. The van der Waals surface area contributed by atoms with Gasteiger partial charge in [-0.25, -0.2) is 4.79 Å². The number of esters is 1. The zero-order valence-corrected chi connectivity index (χ0v) is 21.5. The van der Waals surface area contributed by atoms with Gasteiger partial charge in [0.1, 0.15) is 29.4 Å². The molecule has 0 N–H and O–H groups in total. The highest BCUT2D eigenvalue weighted by molar-refractivity contribution is 9.10. The molecule has 3 rings (SSSR count). The molecule has 35 heavy (non-hydrogen) atoms. The highest BCUT2D eigenvalue weighted by atomic mass is 79.9.